The number of benzene rings is 1. The first-order valence-corrected chi connectivity index (χ1v) is 7.88. The molecule has 0 amide bonds. The first-order chi connectivity index (χ1) is 9.22. The fourth-order valence-electron chi connectivity index (χ4n) is 3.07. The van der Waals surface area contributed by atoms with Crippen LogP contribution < -0.4 is 10.1 Å². The largest absolute Gasteiger partial charge is 0.493 e. The number of rotatable bonds is 2. The summed E-state index contributed by atoms with van der Waals surface area (Å²) < 4.78 is 6.95. The first kappa shape index (κ1) is 13.4. The molecule has 1 fully saturated rings. The van der Waals surface area contributed by atoms with E-state index in [4.69, 9.17) is 4.74 Å². The second kappa shape index (κ2) is 5.81. The smallest absolute Gasteiger partial charge is 0.125 e. The summed E-state index contributed by atoms with van der Waals surface area (Å²) in [6.07, 6.45) is 3.53. The Morgan fingerprint density at radius 1 is 1.37 bits per heavy atom. The Bertz CT molecular complexity index is 452. The zero-order valence-electron chi connectivity index (χ0n) is 11.4. The average molecular weight is 325 g/mol. The molecule has 4 heteroatoms. The van der Waals surface area contributed by atoms with E-state index in [1.54, 1.807) is 0 Å². The maximum absolute atomic E-state index is 5.86. The molecule has 104 valence electrons. The van der Waals surface area contributed by atoms with Crippen LogP contribution in [0.4, 0.5) is 0 Å². The molecule has 2 aliphatic rings. The fraction of sp³-hybridized carbons (Fsp3) is 0.600. The van der Waals surface area contributed by atoms with E-state index in [0.717, 1.165) is 36.2 Å². The summed E-state index contributed by atoms with van der Waals surface area (Å²) in [7, 11) is 2.20. The van der Waals surface area contributed by atoms with E-state index < -0.39 is 0 Å². The predicted molar refractivity (Wildman–Crippen MR) is 80.6 cm³/mol. The molecule has 0 aliphatic carbocycles. The van der Waals surface area contributed by atoms with Gasteiger partial charge in [0.1, 0.15) is 5.75 Å². The summed E-state index contributed by atoms with van der Waals surface area (Å²) >= 11 is 3.52. The minimum atomic E-state index is 0.432. The minimum Gasteiger partial charge on any atom is -0.493 e. The van der Waals surface area contributed by atoms with Crippen LogP contribution in [0.25, 0.3) is 0 Å². The number of halogens is 1. The Morgan fingerprint density at radius 3 is 3.05 bits per heavy atom. The highest BCUT2D eigenvalue weighted by Gasteiger charge is 2.26. The molecule has 0 bridgehead atoms. The first-order valence-electron chi connectivity index (χ1n) is 7.09. The number of fused-ring (bicyclic) bond motifs is 1. The van der Waals surface area contributed by atoms with Crippen LogP contribution in [0.2, 0.25) is 0 Å². The van der Waals surface area contributed by atoms with E-state index in [-0.39, 0.29) is 0 Å². The molecule has 2 aliphatic heterocycles. The molecule has 3 rings (SSSR count). The van der Waals surface area contributed by atoms with Crippen LogP contribution in [0, 0.1) is 0 Å². The van der Waals surface area contributed by atoms with E-state index in [1.807, 2.05) is 0 Å². The van der Waals surface area contributed by atoms with Crippen molar-refractivity contribution in [3.05, 3.63) is 28.2 Å². The van der Waals surface area contributed by atoms with Gasteiger partial charge < -0.3 is 15.0 Å². The zero-order valence-corrected chi connectivity index (χ0v) is 12.9. The van der Waals surface area contributed by atoms with Gasteiger partial charge in [-0.1, -0.05) is 22.0 Å². The third kappa shape index (κ3) is 3.12. The Balaban J connectivity index is 1.78. The summed E-state index contributed by atoms with van der Waals surface area (Å²) in [5.41, 5.74) is 1.32. The van der Waals surface area contributed by atoms with Crippen LogP contribution in [0.3, 0.4) is 0 Å². The Morgan fingerprint density at radius 2 is 2.26 bits per heavy atom. The van der Waals surface area contributed by atoms with Gasteiger partial charge in [-0.3, -0.25) is 0 Å². The average Bonchev–Trinajstić information content (AvgIpc) is 2.68. The molecule has 1 aromatic rings. The molecular formula is C15H21BrN2O. The maximum Gasteiger partial charge on any atom is 0.125 e. The van der Waals surface area contributed by atoms with Gasteiger partial charge in [0.05, 0.1) is 6.61 Å². The van der Waals surface area contributed by atoms with Crippen LogP contribution in [-0.4, -0.2) is 37.7 Å². The van der Waals surface area contributed by atoms with Crippen molar-refractivity contribution in [2.75, 3.05) is 26.7 Å². The van der Waals surface area contributed by atoms with Gasteiger partial charge in [-0.15, -0.1) is 0 Å². The van der Waals surface area contributed by atoms with Gasteiger partial charge >= 0.3 is 0 Å². The number of likely N-dealkylation sites (tertiary alicyclic amines) is 1. The highest BCUT2D eigenvalue weighted by atomic mass is 79.9. The Hall–Kier alpha value is -0.580. The molecule has 2 unspecified atom stereocenters. The molecule has 0 aromatic heterocycles. The molecule has 19 heavy (non-hydrogen) atoms. The van der Waals surface area contributed by atoms with Crippen molar-refractivity contribution in [3.8, 4) is 5.75 Å². The van der Waals surface area contributed by atoms with E-state index >= 15 is 0 Å². The SMILES string of the molecule is CN1CCC(NC2CCCOc3cc(Br)ccc32)C1. The van der Waals surface area contributed by atoms with Crippen LogP contribution in [0.1, 0.15) is 30.9 Å². The van der Waals surface area contributed by atoms with Crippen molar-refractivity contribution in [1.82, 2.24) is 10.2 Å². The molecule has 1 N–H and O–H groups in total. The van der Waals surface area contributed by atoms with E-state index in [9.17, 15) is 0 Å². The highest BCUT2D eigenvalue weighted by molar-refractivity contribution is 9.10. The highest BCUT2D eigenvalue weighted by Crippen LogP contribution is 2.34. The Kier molecular flexibility index (Phi) is 4.10. The summed E-state index contributed by atoms with van der Waals surface area (Å²) in [4.78, 5) is 2.40. The molecular weight excluding hydrogens is 304 g/mol. The second-order valence-electron chi connectivity index (χ2n) is 5.64. The summed E-state index contributed by atoms with van der Waals surface area (Å²) in [5, 5.41) is 3.83. The Labute approximate surface area is 123 Å². The van der Waals surface area contributed by atoms with Gasteiger partial charge in [-0.2, -0.15) is 0 Å². The van der Waals surface area contributed by atoms with Gasteiger partial charge in [-0.25, -0.2) is 0 Å². The quantitative estimate of drug-likeness (QED) is 0.905. The molecule has 0 spiro atoms. The number of nitrogens with one attached hydrogen (secondary N) is 1. The summed E-state index contributed by atoms with van der Waals surface area (Å²) in [6.45, 7) is 3.18. The van der Waals surface area contributed by atoms with Crippen molar-refractivity contribution >= 4 is 15.9 Å². The number of ether oxygens (including phenoxy) is 1. The monoisotopic (exact) mass is 324 g/mol. The lowest BCUT2D eigenvalue weighted by Crippen LogP contribution is -2.34. The number of hydrogen-bond acceptors (Lipinski definition) is 3. The molecule has 1 saturated heterocycles. The molecule has 2 heterocycles. The number of nitrogens with zero attached hydrogens (tertiary/aromatic N) is 1. The van der Waals surface area contributed by atoms with Crippen molar-refractivity contribution in [3.63, 3.8) is 0 Å². The predicted octanol–water partition coefficient (Wildman–Crippen LogP) is 2.96. The molecule has 1 aromatic carbocycles. The van der Waals surface area contributed by atoms with E-state index in [0.29, 0.717) is 12.1 Å². The summed E-state index contributed by atoms with van der Waals surface area (Å²) in [6, 6.07) is 7.45. The van der Waals surface area contributed by atoms with Crippen LogP contribution in [0.5, 0.6) is 5.75 Å². The lowest BCUT2D eigenvalue weighted by molar-refractivity contribution is 0.313. The standard InChI is InChI=1S/C15H21BrN2O/c1-18-7-6-12(10-18)17-14-3-2-8-19-15-9-11(16)4-5-13(14)15/h4-5,9,12,14,17H,2-3,6-8,10H2,1H3. The van der Waals surface area contributed by atoms with Gasteiger partial charge in [-0.05, 0) is 45.0 Å². The van der Waals surface area contributed by atoms with Gasteiger partial charge in [0, 0.05) is 28.7 Å². The fourth-order valence-corrected chi connectivity index (χ4v) is 3.41. The lowest BCUT2D eigenvalue weighted by Gasteiger charge is -2.23. The third-order valence-electron chi connectivity index (χ3n) is 4.07. The maximum atomic E-state index is 5.86. The van der Waals surface area contributed by atoms with E-state index in [2.05, 4.69) is 51.4 Å². The molecule has 0 saturated carbocycles. The van der Waals surface area contributed by atoms with E-state index in [1.165, 1.54) is 18.5 Å². The number of hydrogen-bond donors (Lipinski definition) is 1. The van der Waals surface area contributed by atoms with Crippen LogP contribution in [-0.2, 0) is 0 Å². The third-order valence-corrected chi connectivity index (χ3v) is 4.57. The van der Waals surface area contributed by atoms with Crippen molar-refractivity contribution < 1.29 is 4.74 Å². The minimum absolute atomic E-state index is 0.432. The van der Waals surface area contributed by atoms with Crippen molar-refractivity contribution in [2.45, 2.75) is 31.3 Å². The summed E-state index contributed by atoms with van der Waals surface area (Å²) in [5.74, 6) is 1.04. The van der Waals surface area contributed by atoms with Crippen LogP contribution in [0.15, 0.2) is 22.7 Å². The lowest BCUT2D eigenvalue weighted by atomic mass is 10.0. The molecule has 2 atom stereocenters. The molecule has 0 radical (unpaired) electrons. The van der Waals surface area contributed by atoms with Gasteiger partial charge in [0.25, 0.3) is 0 Å². The van der Waals surface area contributed by atoms with Crippen molar-refractivity contribution in [1.29, 1.82) is 0 Å². The van der Waals surface area contributed by atoms with Crippen molar-refractivity contribution in [2.24, 2.45) is 0 Å². The number of likely N-dealkylation sites (N-methyl/N-ethyl adjacent to an activating group) is 1. The van der Waals surface area contributed by atoms with Gasteiger partial charge in [0.15, 0.2) is 0 Å². The van der Waals surface area contributed by atoms with Gasteiger partial charge in [0.2, 0.25) is 0 Å². The molecule has 3 nitrogen and oxygen atoms in total. The van der Waals surface area contributed by atoms with Crippen LogP contribution >= 0.6 is 15.9 Å². The second-order valence-corrected chi connectivity index (χ2v) is 6.56. The topological polar surface area (TPSA) is 24.5 Å². The normalized spacial score (nSPS) is 27.7. The zero-order chi connectivity index (χ0) is 13.2.